The molecule has 1 N–H and O–H groups in total. The summed E-state index contributed by atoms with van der Waals surface area (Å²) in [6, 6.07) is 6.31. The summed E-state index contributed by atoms with van der Waals surface area (Å²) >= 11 is 0. The summed E-state index contributed by atoms with van der Waals surface area (Å²) < 4.78 is 0. The first-order chi connectivity index (χ1) is 6.70. The zero-order chi connectivity index (χ0) is 10.1. The second-order valence-electron chi connectivity index (χ2n) is 3.54. The second-order valence-corrected chi connectivity index (χ2v) is 3.54. The van der Waals surface area contributed by atoms with Crippen molar-refractivity contribution in [3.63, 3.8) is 0 Å². The van der Waals surface area contributed by atoms with Crippen molar-refractivity contribution >= 4 is 0 Å². The summed E-state index contributed by atoms with van der Waals surface area (Å²) in [6.07, 6.45) is 0.351. The molecule has 14 heavy (non-hydrogen) atoms. The molecule has 4 nitrogen and oxygen atoms in total. The van der Waals surface area contributed by atoms with Crippen molar-refractivity contribution in [3.8, 4) is 0 Å². The Kier molecular flexibility index (Phi) is 2.21. The lowest BCUT2D eigenvalue weighted by Gasteiger charge is -2.23. The largest absolute Gasteiger partial charge is 0.386 e. The second kappa shape index (κ2) is 3.38. The highest BCUT2D eigenvalue weighted by Gasteiger charge is 2.36. The van der Waals surface area contributed by atoms with Crippen molar-refractivity contribution in [3.05, 3.63) is 45.5 Å². The summed E-state index contributed by atoms with van der Waals surface area (Å²) in [5, 5.41) is 20.3. The first-order valence-corrected chi connectivity index (χ1v) is 4.59. The van der Waals surface area contributed by atoms with Crippen LogP contribution in [-0.4, -0.2) is 16.1 Å². The summed E-state index contributed by atoms with van der Waals surface area (Å²) in [4.78, 5) is 10.4. The first-order valence-electron chi connectivity index (χ1n) is 4.59. The van der Waals surface area contributed by atoms with Gasteiger partial charge >= 0.3 is 0 Å². The van der Waals surface area contributed by atoms with Gasteiger partial charge in [0.2, 0.25) is 0 Å². The molecule has 1 aliphatic rings. The van der Waals surface area contributed by atoms with Crippen LogP contribution in [0.25, 0.3) is 0 Å². The average Bonchev–Trinajstić information content (AvgIpc) is 2.17. The maximum absolute atomic E-state index is 10.8. The fourth-order valence-electron chi connectivity index (χ4n) is 1.97. The molecule has 2 rings (SSSR count). The lowest BCUT2D eigenvalue weighted by atomic mass is 9.86. The molecule has 1 aromatic rings. The number of fused-ring (bicyclic) bond motifs is 1. The van der Waals surface area contributed by atoms with E-state index in [1.807, 2.05) is 12.1 Å². The number of hydrogen-bond acceptors (Lipinski definition) is 3. The van der Waals surface area contributed by atoms with E-state index in [4.69, 9.17) is 0 Å². The Morgan fingerprint density at radius 1 is 1.43 bits per heavy atom. The van der Waals surface area contributed by atoms with Crippen LogP contribution >= 0.6 is 0 Å². The minimum absolute atomic E-state index is 0.400. The molecule has 0 amide bonds. The van der Waals surface area contributed by atoms with Gasteiger partial charge in [0.1, 0.15) is 6.10 Å². The Morgan fingerprint density at radius 2 is 2.14 bits per heavy atom. The predicted octanol–water partition coefficient (Wildman–Crippen LogP) is 1.31. The van der Waals surface area contributed by atoms with E-state index in [-0.39, 0.29) is 0 Å². The Morgan fingerprint density at radius 3 is 2.86 bits per heavy atom. The van der Waals surface area contributed by atoms with Crippen molar-refractivity contribution in [1.82, 2.24) is 0 Å². The Bertz CT molecular complexity index is 364. The molecule has 0 bridgehead atoms. The molecule has 0 aromatic heterocycles. The molecule has 0 saturated heterocycles. The van der Waals surface area contributed by atoms with Crippen molar-refractivity contribution in [2.24, 2.45) is 0 Å². The van der Waals surface area contributed by atoms with E-state index in [1.165, 1.54) is 0 Å². The van der Waals surface area contributed by atoms with Crippen LogP contribution in [0.4, 0.5) is 0 Å². The fourth-order valence-corrected chi connectivity index (χ4v) is 1.97. The minimum Gasteiger partial charge on any atom is -0.386 e. The van der Waals surface area contributed by atoms with Crippen LogP contribution in [0.15, 0.2) is 24.3 Å². The zero-order valence-electron chi connectivity index (χ0n) is 7.59. The zero-order valence-corrected chi connectivity index (χ0v) is 7.59. The van der Waals surface area contributed by atoms with Crippen molar-refractivity contribution in [2.75, 3.05) is 0 Å². The molecule has 0 saturated carbocycles. The number of hydrogen-bond donors (Lipinski definition) is 1. The molecule has 2 atom stereocenters. The van der Waals surface area contributed by atoms with Crippen LogP contribution in [-0.2, 0) is 6.42 Å². The molecular formula is C10H11NO3. The molecule has 0 heterocycles. The number of nitro groups is 1. The van der Waals surface area contributed by atoms with Crippen LogP contribution in [0.1, 0.15) is 23.6 Å². The number of aryl methyl sites for hydroxylation is 1. The third-order valence-electron chi connectivity index (χ3n) is 2.67. The number of rotatable bonds is 1. The topological polar surface area (TPSA) is 63.4 Å². The molecule has 0 aliphatic heterocycles. The van der Waals surface area contributed by atoms with E-state index in [0.717, 1.165) is 12.0 Å². The number of aliphatic hydroxyl groups is 1. The van der Waals surface area contributed by atoms with Gasteiger partial charge in [0.25, 0.3) is 6.04 Å². The van der Waals surface area contributed by atoms with Gasteiger partial charge in [-0.3, -0.25) is 10.1 Å². The van der Waals surface area contributed by atoms with Crippen molar-refractivity contribution < 1.29 is 10.0 Å². The van der Waals surface area contributed by atoms with E-state index >= 15 is 0 Å². The molecule has 2 unspecified atom stereocenters. The van der Waals surface area contributed by atoms with Gasteiger partial charge in [0.15, 0.2) is 0 Å². The van der Waals surface area contributed by atoms with Crippen molar-refractivity contribution in [2.45, 2.75) is 25.0 Å². The van der Waals surface area contributed by atoms with Crippen LogP contribution in [0.2, 0.25) is 0 Å². The van der Waals surface area contributed by atoms with Gasteiger partial charge in [-0.25, -0.2) is 0 Å². The highest BCUT2D eigenvalue weighted by Crippen LogP contribution is 2.31. The maximum Gasteiger partial charge on any atom is 0.263 e. The Labute approximate surface area is 81.3 Å². The van der Waals surface area contributed by atoms with Gasteiger partial charge in [0, 0.05) is 10.5 Å². The summed E-state index contributed by atoms with van der Waals surface area (Å²) in [5.74, 6) is 0. The third kappa shape index (κ3) is 1.37. The lowest BCUT2D eigenvalue weighted by molar-refractivity contribution is -0.542. The van der Waals surface area contributed by atoms with E-state index in [9.17, 15) is 15.2 Å². The first kappa shape index (κ1) is 9.15. The van der Waals surface area contributed by atoms with Gasteiger partial charge in [-0.2, -0.15) is 0 Å². The molecule has 0 radical (unpaired) electrons. The molecule has 0 spiro atoms. The van der Waals surface area contributed by atoms with Gasteiger partial charge in [0.05, 0.1) is 0 Å². The predicted molar refractivity (Wildman–Crippen MR) is 50.5 cm³/mol. The van der Waals surface area contributed by atoms with Crippen LogP contribution in [0, 0.1) is 10.1 Å². The third-order valence-corrected chi connectivity index (χ3v) is 2.67. The normalized spacial score (nSPS) is 25.5. The van der Waals surface area contributed by atoms with Crippen LogP contribution < -0.4 is 0 Å². The molecule has 4 heteroatoms. The Balaban J connectivity index is 2.46. The smallest absolute Gasteiger partial charge is 0.263 e. The van der Waals surface area contributed by atoms with Crippen molar-refractivity contribution in [1.29, 1.82) is 0 Å². The highest BCUT2D eigenvalue weighted by molar-refractivity contribution is 5.32. The van der Waals surface area contributed by atoms with E-state index < -0.39 is 17.1 Å². The molecular weight excluding hydrogens is 182 g/mol. The molecule has 74 valence electrons. The van der Waals surface area contributed by atoms with E-state index in [1.54, 1.807) is 12.1 Å². The molecule has 1 aromatic carbocycles. The maximum atomic E-state index is 10.8. The standard InChI is InChI=1S/C10H11NO3/c12-9-6-5-7-3-1-2-4-8(7)10(9)11(13)14/h1-4,9-10,12H,5-6H2. The minimum atomic E-state index is -0.944. The lowest BCUT2D eigenvalue weighted by Crippen LogP contribution is -2.30. The Hall–Kier alpha value is -1.42. The van der Waals surface area contributed by atoms with E-state index in [0.29, 0.717) is 12.0 Å². The van der Waals surface area contributed by atoms with Gasteiger partial charge in [-0.1, -0.05) is 24.3 Å². The summed E-state index contributed by atoms with van der Waals surface area (Å²) in [5.41, 5.74) is 1.65. The van der Waals surface area contributed by atoms with Gasteiger partial charge < -0.3 is 5.11 Å². The average molecular weight is 193 g/mol. The van der Waals surface area contributed by atoms with Crippen LogP contribution in [0.3, 0.4) is 0 Å². The van der Waals surface area contributed by atoms with Crippen LogP contribution in [0.5, 0.6) is 0 Å². The highest BCUT2D eigenvalue weighted by atomic mass is 16.6. The fraction of sp³-hybridized carbons (Fsp3) is 0.400. The SMILES string of the molecule is O=[N+]([O-])C1c2ccccc2CCC1O. The number of aliphatic hydroxyl groups excluding tert-OH is 1. The molecule has 0 fully saturated rings. The molecule has 1 aliphatic carbocycles. The quantitative estimate of drug-likeness (QED) is 0.540. The summed E-state index contributed by atoms with van der Waals surface area (Å²) in [7, 11) is 0. The summed E-state index contributed by atoms with van der Waals surface area (Å²) in [6.45, 7) is 0. The number of nitrogens with zero attached hydrogens (tertiary/aromatic N) is 1. The van der Waals surface area contributed by atoms with Gasteiger partial charge in [-0.05, 0) is 18.4 Å². The van der Waals surface area contributed by atoms with E-state index in [2.05, 4.69) is 0 Å². The number of benzene rings is 1. The van der Waals surface area contributed by atoms with Gasteiger partial charge in [-0.15, -0.1) is 0 Å². The monoisotopic (exact) mass is 193 g/mol.